The molecule has 3 saturated heterocycles. The predicted octanol–water partition coefficient (Wildman–Crippen LogP) is 5.05. The van der Waals surface area contributed by atoms with Crippen molar-refractivity contribution in [3.05, 3.63) is 35.5 Å². The van der Waals surface area contributed by atoms with Crippen LogP contribution < -0.4 is 15.5 Å². The molecule has 3 aliphatic heterocycles. The summed E-state index contributed by atoms with van der Waals surface area (Å²) in [5, 5.41) is 6.02. The smallest absolute Gasteiger partial charge is 0.421 e. The summed E-state index contributed by atoms with van der Waals surface area (Å²) < 4.78 is 46.2. The first kappa shape index (κ1) is 26.9. The molecule has 0 bridgehead atoms. The number of hydrogen-bond acceptors (Lipinski definition) is 8. The second-order valence-electron chi connectivity index (χ2n) is 11.1. The molecule has 2 aromatic rings. The van der Waals surface area contributed by atoms with Crippen molar-refractivity contribution >= 4 is 29.2 Å². The number of carbonyl (C=O) groups is 1. The molecule has 12 heteroatoms. The molecular formula is C28H36F3N7O2. The molecule has 216 valence electrons. The molecule has 0 unspecified atom stereocenters. The molecule has 1 amide bonds. The normalized spacial score (nSPS) is 21.8. The van der Waals surface area contributed by atoms with Gasteiger partial charge in [-0.15, -0.1) is 0 Å². The maximum absolute atomic E-state index is 13.7. The second kappa shape index (κ2) is 11.3. The van der Waals surface area contributed by atoms with E-state index in [1.165, 1.54) is 25.1 Å². The van der Waals surface area contributed by atoms with E-state index in [0.717, 1.165) is 56.3 Å². The number of nitrogens with zero attached hydrogens (tertiary/aromatic N) is 5. The number of carbonyl (C=O) groups excluding carboxylic acids is 1. The zero-order chi connectivity index (χ0) is 27.7. The summed E-state index contributed by atoms with van der Waals surface area (Å²) >= 11 is 0. The molecule has 1 atom stereocenters. The number of alkyl halides is 3. The van der Waals surface area contributed by atoms with Crippen LogP contribution in [0.1, 0.15) is 55.6 Å². The van der Waals surface area contributed by atoms with E-state index in [4.69, 9.17) is 4.74 Å². The molecule has 9 nitrogen and oxygen atoms in total. The molecule has 0 radical (unpaired) electrons. The molecule has 1 saturated carbocycles. The number of anilines is 4. The van der Waals surface area contributed by atoms with E-state index in [0.29, 0.717) is 38.1 Å². The van der Waals surface area contributed by atoms with Gasteiger partial charge in [0.15, 0.2) is 0 Å². The molecule has 1 aromatic carbocycles. The van der Waals surface area contributed by atoms with Gasteiger partial charge in [0.1, 0.15) is 11.4 Å². The molecular weight excluding hydrogens is 523 g/mol. The number of ether oxygens (including phenoxy) is 1. The van der Waals surface area contributed by atoms with Gasteiger partial charge in [-0.1, -0.05) is 0 Å². The number of cyclic esters (lactones) is 1. The van der Waals surface area contributed by atoms with E-state index in [-0.39, 0.29) is 24.4 Å². The van der Waals surface area contributed by atoms with Gasteiger partial charge in [-0.3, -0.25) is 4.90 Å². The fourth-order valence-corrected chi connectivity index (χ4v) is 6.00. The Bertz CT molecular complexity index is 1220. The summed E-state index contributed by atoms with van der Waals surface area (Å²) in [6.45, 7) is 5.94. The summed E-state index contributed by atoms with van der Waals surface area (Å²) in [6.07, 6.45) is 1.77. The Morgan fingerprint density at radius 1 is 1.07 bits per heavy atom. The van der Waals surface area contributed by atoms with Gasteiger partial charge in [-0.05, 0) is 74.8 Å². The van der Waals surface area contributed by atoms with Crippen LogP contribution in [0.2, 0.25) is 0 Å². The third kappa shape index (κ3) is 6.06. The lowest BCUT2D eigenvalue weighted by molar-refractivity contribution is -0.137. The summed E-state index contributed by atoms with van der Waals surface area (Å²) in [5.74, 6) is 0.276. The lowest BCUT2D eigenvalue weighted by Crippen LogP contribution is -2.50. The monoisotopic (exact) mass is 559 g/mol. The Morgan fingerprint density at radius 2 is 1.95 bits per heavy atom. The minimum absolute atomic E-state index is 0.115. The number of hydrogen-bond donors (Lipinski definition) is 2. The first-order chi connectivity index (χ1) is 19.3. The molecule has 1 aromatic heterocycles. The van der Waals surface area contributed by atoms with Crippen molar-refractivity contribution in [1.29, 1.82) is 0 Å². The Hall–Kier alpha value is -3.28. The van der Waals surface area contributed by atoms with E-state index in [1.807, 2.05) is 6.07 Å². The number of nitrogens with one attached hydrogen (secondary N) is 2. The molecule has 4 heterocycles. The Labute approximate surface area is 232 Å². The summed E-state index contributed by atoms with van der Waals surface area (Å²) in [4.78, 5) is 26.7. The highest BCUT2D eigenvalue weighted by Gasteiger charge is 2.36. The fourth-order valence-electron chi connectivity index (χ4n) is 6.00. The van der Waals surface area contributed by atoms with Crippen molar-refractivity contribution in [3.63, 3.8) is 0 Å². The van der Waals surface area contributed by atoms with Crippen molar-refractivity contribution in [2.24, 2.45) is 0 Å². The first-order valence-corrected chi connectivity index (χ1v) is 14.3. The van der Waals surface area contributed by atoms with Crippen LogP contribution in [0, 0.1) is 0 Å². The van der Waals surface area contributed by atoms with Gasteiger partial charge >= 0.3 is 12.3 Å². The zero-order valence-electron chi connectivity index (χ0n) is 22.6. The van der Waals surface area contributed by atoms with Crippen LogP contribution in [-0.4, -0.2) is 84.3 Å². The Morgan fingerprint density at radius 3 is 2.75 bits per heavy atom. The Balaban J connectivity index is 1.15. The minimum Gasteiger partial charge on any atom is -0.449 e. The zero-order valence-corrected chi connectivity index (χ0v) is 22.6. The van der Waals surface area contributed by atoms with Crippen LogP contribution in [0.25, 0.3) is 0 Å². The maximum Gasteiger partial charge on any atom is 0.421 e. The van der Waals surface area contributed by atoms with Gasteiger partial charge in [0.25, 0.3) is 0 Å². The highest BCUT2D eigenvalue weighted by molar-refractivity contribution is 5.68. The molecule has 0 spiro atoms. The first-order valence-electron chi connectivity index (χ1n) is 14.3. The lowest BCUT2D eigenvalue weighted by atomic mass is 10.1. The third-order valence-electron chi connectivity index (χ3n) is 8.30. The number of piperazine rings is 1. The molecule has 2 N–H and O–H groups in total. The van der Waals surface area contributed by atoms with Gasteiger partial charge in [-0.25, -0.2) is 9.78 Å². The van der Waals surface area contributed by atoms with Crippen LogP contribution in [-0.2, 0) is 10.9 Å². The predicted molar refractivity (Wildman–Crippen MR) is 146 cm³/mol. The molecule has 6 rings (SSSR count). The van der Waals surface area contributed by atoms with Crippen molar-refractivity contribution < 1.29 is 22.7 Å². The van der Waals surface area contributed by atoms with E-state index < -0.39 is 11.7 Å². The number of amides is 1. The van der Waals surface area contributed by atoms with Crippen LogP contribution in [0.3, 0.4) is 0 Å². The van der Waals surface area contributed by atoms with Gasteiger partial charge in [0.2, 0.25) is 5.95 Å². The van der Waals surface area contributed by atoms with Gasteiger partial charge in [-0.2, -0.15) is 18.2 Å². The highest BCUT2D eigenvalue weighted by Crippen LogP contribution is 2.45. The van der Waals surface area contributed by atoms with E-state index >= 15 is 0 Å². The number of rotatable bonds is 9. The quantitative estimate of drug-likeness (QED) is 0.413. The molecule has 1 aliphatic carbocycles. The van der Waals surface area contributed by atoms with Crippen LogP contribution >= 0.6 is 0 Å². The third-order valence-corrected chi connectivity index (χ3v) is 8.30. The van der Waals surface area contributed by atoms with Crippen molar-refractivity contribution in [1.82, 2.24) is 19.8 Å². The average molecular weight is 560 g/mol. The molecule has 4 aliphatic rings. The van der Waals surface area contributed by atoms with Crippen molar-refractivity contribution in [3.8, 4) is 0 Å². The Kier molecular flexibility index (Phi) is 7.61. The summed E-state index contributed by atoms with van der Waals surface area (Å²) in [7, 11) is 0. The van der Waals surface area contributed by atoms with Gasteiger partial charge < -0.3 is 25.2 Å². The number of halogens is 3. The average Bonchev–Trinajstić information content (AvgIpc) is 3.68. The summed E-state index contributed by atoms with van der Waals surface area (Å²) in [6, 6.07) is 6.96. The van der Waals surface area contributed by atoms with Gasteiger partial charge in [0.05, 0.1) is 6.61 Å². The summed E-state index contributed by atoms with van der Waals surface area (Å²) in [5.41, 5.74) is 2.28. The molecule has 4 fully saturated rings. The lowest BCUT2D eigenvalue weighted by Gasteiger charge is -2.39. The molecule has 40 heavy (non-hydrogen) atoms. The number of aromatic nitrogens is 2. The van der Waals surface area contributed by atoms with Crippen molar-refractivity contribution in [2.45, 2.75) is 56.7 Å². The van der Waals surface area contributed by atoms with Crippen LogP contribution in [0.4, 0.5) is 41.1 Å². The van der Waals surface area contributed by atoms with Crippen LogP contribution in [0.5, 0.6) is 0 Å². The number of fused-ring (bicyclic) bond motifs is 1. The fraction of sp³-hybridized carbons (Fsp3) is 0.607. The SMILES string of the molecule is O=C1OCCCN1CCCNc1nc(Nc2ccc(N3CCN4CCC[C@@H]4C3)cc2C2CC2)ncc1C(F)(F)F. The number of benzene rings is 1. The largest absolute Gasteiger partial charge is 0.449 e. The van der Waals surface area contributed by atoms with Crippen molar-refractivity contribution in [2.75, 3.05) is 68.0 Å². The van der Waals surface area contributed by atoms with Crippen LogP contribution in [0.15, 0.2) is 24.4 Å². The minimum atomic E-state index is -4.60. The highest BCUT2D eigenvalue weighted by atomic mass is 19.4. The van der Waals surface area contributed by atoms with E-state index in [1.54, 1.807) is 4.90 Å². The maximum atomic E-state index is 13.7. The van der Waals surface area contributed by atoms with Gasteiger partial charge in [0, 0.05) is 62.9 Å². The second-order valence-corrected chi connectivity index (χ2v) is 11.1. The van der Waals surface area contributed by atoms with E-state index in [9.17, 15) is 18.0 Å². The topological polar surface area (TPSA) is 85.9 Å². The standard InChI is InChI=1S/C28H36F3N7O2/c29-28(30,31)23-17-33-26(35-25(23)32-9-2-11-37-12-3-15-40-27(37)39)34-24-8-7-20(16-22(24)19-5-6-19)38-14-13-36-10-1-4-21(36)18-38/h7-8,16-17,19,21H,1-6,9-15,18H2,(H2,32,33,34,35)/t21-/m1/s1. The van der Waals surface area contributed by atoms with E-state index in [2.05, 4.69) is 42.5 Å².